The molecule has 0 unspecified atom stereocenters. The molecule has 2 aromatic heterocycles. The number of hydrogen-bond acceptors (Lipinski definition) is 8. The van der Waals surface area contributed by atoms with Crippen molar-refractivity contribution < 1.29 is 19.2 Å². The number of Topliss-reactive ketones (excluding diaryl/α,β-unsaturated/α-hetero) is 1. The van der Waals surface area contributed by atoms with E-state index in [1.165, 1.54) is 5.56 Å². The third kappa shape index (κ3) is 3.88. The average Bonchev–Trinajstić information content (AvgIpc) is 3.18. The number of ketones is 1. The van der Waals surface area contributed by atoms with Gasteiger partial charge in [0.1, 0.15) is 0 Å². The lowest BCUT2D eigenvalue weighted by Crippen LogP contribution is -2.36. The van der Waals surface area contributed by atoms with Crippen molar-refractivity contribution in [3.63, 3.8) is 0 Å². The van der Waals surface area contributed by atoms with E-state index in [1.54, 1.807) is 6.07 Å². The predicted molar refractivity (Wildman–Crippen MR) is 113 cm³/mol. The zero-order valence-electron chi connectivity index (χ0n) is 17.8. The van der Waals surface area contributed by atoms with Crippen LogP contribution in [-0.4, -0.2) is 55.3 Å². The number of piperidine rings is 1. The maximum absolute atomic E-state index is 13.3. The first-order valence-electron chi connectivity index (χ1n) is 10.8. The fraction of sp³-hybridized carbons (Fsp3) is 0.455. The molecule has 0 amide bonds. The number of carbonyl (C=O) groups is 2. The Bertz CT molecular complexity index is 1160. The summed E-state index contributed by atoms with van der Waals surface area (Å²) in [5, 5.41) is 24.4. The van der Waals surface area contributed by atoms with Crippen LogP contribution in [0.15, 0.2) is 34.9 Å². The van der Waals surface area contributed by atoms with E-state index in [-0.39, 0.29) is 29.5 Å². The number of carboxylic acid groups (broad SMARTS) is 1. The van der Waals surface area contributed by atoms with Gasteiger partial charge in [0.2, 0.25) is 11.6 Å². The van der Waals surface area contributed by atoms with Crippen LogP contribution in [0.5, 0.6) is 0 Å². The molecule has 32 heavy (non-hydrogen) atoms. The number of benzene rings is 1. The molecule has 5 rings (SSSR count). The molecule has 10 heteroatoms. The Morgan fingerprint density at radius 3 is 2.69 bits per heavy atom. The number of carboxylic acids is 1. The van der Waals surface area contributed by atoms with E-state index in [9.17, 15) is 9.59 Å². The van der Waals surface area contributed by atoms with Gasteiger partial charge in [-0.2, -0.15) is 4.80 Å². The van der Waals surface area contributed by atoms with Gasteiger partial charge in [-0.25, -0.2) is 0 Å². The molecule has 0 spiro atoms. The molecule has 10 nitrogen and oxygen atoms in total. The molecule has 1 aromatic carbocycles. The smallest absolute Gasteiger partial charge is 0.327 e. The molecular formula is C22H24N6O4. The number of carbonyl (C=O) groups excluding carboxylic acids is 1. The maximum Gasteiger partial charge on any atom is 0.327 e. The number of rotatable bonds is 7. The molecule has 1 aliphatic heterocycles. The largest absolute Gasteiger partial charge is 0.480 e. The molecule has 0 bridgehead atoms. The average molecular weight is 436 g/mol. The maximum atomic E-state index is 13.3. The summed E-state index contributed by atoms with van der Waals surface area (Å²) in [4.78, 5) is 27.1. The predicted octanol–water partition coefficient (Wildman–Crippen LogP) is 2.56. The minimum absolute atomic E-state index is 0.00120. The molecule has 2 aliphatic rings. The Morgan fingerprint density at radius 2 is 1.97 bits per heavy atom. The Kier molecular flexibility index (Phi) is 4.99. The molecule has 1 saturated heterocycles. The van der Waals surface area contributed by atoms with Crippen molar-refractivity contribution in [1.29, 1.82) is 0 Å². The van der Waals surface area contributed by atoms with Gasteiger partial charge in [0.25, 0.3) is 0 Å². The number of aliphatic carboxylic acids is 1. The number of nitrogens with zero attached hydrogens (tertiary/aromatic N) is 6. The zero-order valence-corrected chi connectivity index (χ0v) is 17.8. The van der Waals surface area contributed by atoms with Gasteiger partial charge < -0.3 is 14.5 Å². The first kappa shape index (κ1) is 20.3. The van der Waals surface area contributed by atoms with Crippen molar-refractivity contribution in [2.24, 2.45) is 5.92 Å². The van der Waals surface area contributed by atoms with E-state index in [0.29, 0.717) is 24.7 Å². The number of hydrogen-bond donors (Lipinski definition) is 1. The molecule has 2 fully saturated rings. The fourth-order valence-corrected chi connectivity index (χ4v) is 4.32. The molecule has 1 saturated carbocycles. The van der Waals surface area contributed by atoms with E-state index in [4.69, 9.17) is 9.63 Å². The van der Waals surface area contributed by atoms with Crippen LogP contribution >= 0.6 is 0 Å². The van der Waals surface area contributed by atoms with E-state index in [2.05, 4.69) is 38.5 Å². The van der Waals surface area contributed by atoms with Crippen molar-refractivity contribution in [3.8, 4) is 11.6 Å². The fourth-order valence-electron chi connectivity index (χ4n) is 4.32. The molecule has 166 valence electrons. The van der Waals surface area contributed by atoms with Gasteiger partial charge in [-0.3, -0.25) is 9.59 Å². The third-order valence-electron chi connectivity index (χ3n) is 6.48. The second-order valence-corrected chi connectivity index (χ2v) is 8.82. The van der Waals surface area contributed by atoms with Gasteiger partial charge in [-0.15, -0.1) is 10.2 Å². The van der Waals surface area contributed by atoms with Gasteiger partial charge in [0.05, 0.1) is 0 Å². The summed E-state index contributed by atoms with van der Waals surface area (Å²) < 4.78 is 5.34. The van der Waals surface area contributed by atoms with Crippen molar-refractivity contribution >= 4 is 17.6 Å². The van der Waals surface area contributed by atoms with Crippen LogP contribution in [0.25, 0.3) is 11.6 Å². The second-order valence-electron chi connectivity index (χ2n) is 8.82. The van der Waals surface area contributed by atoms with Crippen LogP contribution in [0.2, 0.25) is 0 Å². The first-order chi connectivity index (χ1) is 15.4. The van der Waals surface area contributed by atoms with Crippen LogP contribution in [0.4, 0.5) is 5.82 Å². The molecular weight excluding hydrogens is 412 g/mol. The van der Waals surface area contributed by atoms with E-state index in [1.807, 2.05) is 18.2 Å². The van der Waals surface area contributed by atoms with Gasteiger partial charge in [0, 0.05) is 30.6 Å². The van der Waals surface area contributed by atoms with Crippen molar-refractivity contribution in [3.05, 3.63) is 41.5 Å². The molecule has 0 radical (unpaired) electrons. The first-order valence-corrected chi connectivity index (χ1v) is 10.8. The van der Waals surface area contributed by atoms with Gasteiger partial charge in [0.15, 0.2) is 18.1 Å². The standard InChI is InChI=1S/C22H24N6O4/c1-22(8-9-22)16-5-3-2-4-15(16)20(31)14-6-10-27(11-7-14)18-12-17(32-25-18)21-23-26-28(24-21)13-19(29)30/h2-5,12,14H,6-11,13H2,1H3,(H,29,30). The van der Waals surface area contributed by atoms with Crippen LogP contribution in [0, 0.1) is 5.92 Å². The van der Waals surface area contributed by atoms with Gasteiger partial charge >= 0.3 is 5.97 Å². The lowest BCUT2D eigenvalue weighted by atomic mass is 9.83. The molecule has 3 heterocycles. The highest BCUT2D eigenvalue weighted by Gasteiger charge is 2.42. The summed E-state index contributed by atoms with van der Waals surface area (Å²) in [6.45, 7) is 3.25. The normalized spacial score (nSPS) is 18.0. The van der Waals surface area contributed by atoms with Gasteiger partial charge in [-0.05, 0) is 41.9 Å². The highest BCUT2D eigenvalue weighted by atomic mass is 16.5. The van der Waals surface area contributed by atoms with Crippen LogP contribution in [0.3, 0.4) is 0 Å². The van der Waals surface area contributed by atoms with E-state index < -0.39 is 5.97 Å². The monoisotopic (exact) mass is 436 g/mol. The second kappa shape index (κ2) is 7.85. The Morgan fingerprint density at radius 1 is 1.22 bits per heavy atom. The zero-order chi connectivity index (χ0) is 22.3. The molecule has 0 atom stereocenters. The van der Waals surface area contributed by atoms with E-state index >= 15 is 0 Å². The summed E-state index contributed by atoms with van der Waals surface area (Å²) in [7, 11) is 0. The van der Waals surface area contributed by atoms with Crippen LogP contribution in [-0.2, 0) is 16.8 Å². The van der Waals surface area contributed by atoms with E-state index in [0.717, 1.165) is 36.0 Å². The number of aromatic nitrogens is 5. The number of tetrazole rings is 1. The van der Waals surface area contributed by atoms with Crippen molar-refractivity contribution in [2.45, 2.75) is 44.6 Å². The molecule has 1 aliphatic carbocycles. The third-order valence-corrected chi connectivity index (χ3v) is 6.48. The SMILES string of the molecule is CC1(c2ccccc2C(=O)C2CCN(c3cc(-c4nnn(CC(=O)O)n4)on3)CC2)CC1. The minimum atomic E-state index is -1.06. The topological polar surface area (TPSA) is 127 Å². The van der Waals surface area contributed by atoms with Crippen LogP contribution < -0.4 is 4.90 Å². The lowest BCUT2D eigenvalue weighted by molar-refractivity contribution is -0.138. The Hall–Kier alpha value is -3.56. The quantitative estimate of drug-likeness (QED) is 0.556. The van der Waals surface area contributed by atoms with Crippen LogP contribution in [0.1, 0.15) is 48.5 Å². The Labute approximate surface area is 184 Å². The molecule has 1 N–H and O–H groups in total. The summed E-state index contributed by atoms with van der Waals surface area (Å²) in [6, 6.07) is 9.77. The highest BCUT2D eigenvalue weighted by molar-refractivity contribution is 5.99. The lowest BCUT2D eigenvalue weighted by Gasteiger charge is -2.31. The Balaban J connectivity index is 1.24. The van der Waals surface area contributed by atoms with Crippen molar-refractivity contribution in [2.75, 3.05) is 18.0 Å². The highest BCUT2D eigenvalue weighted by Crippen LogP contribution is 2.49. The van der Waals surface area contributed by atoms with Crippen molar-refractivity contribution in [1.82, 2.24) is 25.4 Å². The summed E-state index contributed by atoms with van der Waals surface area (Å²) >= 11 is 0. The molecule has 3 aromatic rings. The summed E-state index contributed by atoms with van der Waals surface area (Å²) in [6.07, 6.45) is 3.78. The number of anilines is 1. The minimum Gasteiger partial charge on any atom is -0.480 e. The summed E-state index contributed by atoms with van der Waals surface area (Å²) in [5.74, 6) is 0.332. The summed E-state index contributed by atoms with van der Waals surface area (Å²) in [5.41, 5.74) is 2.23. The van der Waals surface area contributed by atoms with Gasteiger partial charge in [-0.1, -0.05) is 36.3 Å².